The van der Waals surface area contributed by atoms with E-state index in [-0.39, 0.29) is 11.9 Å². The van der Waals surface area contributed by atoms with Crippen molar-refractivity contribution in [3.8, 4) is 11.5 Å². The molecule has 0 saturated heterocycles. The van der Waals surface area contributed by atoms with Crippen molar-refractivity contribution in [3.63, 3.8) is 0 Å². The Labute approximate surface area is 161 Å². The summed E-state index contributed by atoms with van der Waals surface area (Å²) in [5.41, 5.74) is 2.27. The average Bonchev–Trinajstić information content (AvgIpc) is 3.30. The van der Waals surface area contributed by atoms with Crippen LogP contribution in [0, 0.1) is 0 Å². The lowest BCUT2D eigenvalue weighted by molar-refractivity contribution is 0.102. The molecule has 2 aromatic carbocycles. The number of benzene rings is 2. The van der Waals surface area contributed by atoms with Crippen LogP contribution in [0.5, 0.6) is 11.5 Å². The number of carbonyl (C=O) groups is 1. The molecule has 2 heterocycles. The number of hydrogen-bond donors (Lipinski definition) is 1. The molecule has 4 rings (SSSR count). The fraction of sp³-hybridized carbons (Fsp3) is 0.200. The van der Waals surface area contributed by atoms with E-state index in [9.17, 15) is 4.79 Å². The molecule has 2 aliphatic rings. The van der Waals surface area contributed by atoms with Gasteiger partial charge in [0.2, 0.25) is 0 Å². The van der Waals surface area contributed by atoms with Gasteiger partial charge in [0.15, 0.2) is 16.7 Å². The molecule has 1 amide bonds. The molecule has 0 radical (unpaired) electrons. The van der Waals surface area contributed by atoms with E-state index < -0.39 is 0 Å². The van der Waals surface area contributed by atoms with Crippen LogP contribution in [-0.4, -0.2) is 36.7 Å². The van der Waals surface area contributed by atoms with Crippen molar-refractivity contribution in [2.75, 3.05) is 26.1 Å². The topological polar surface area (TPSA) is 63.2 Å². The highest BCUT2D eigenvalue weighted by atomic mass is 32.2. The second-order valence-corrected chi connectivity index (χ2v) is 6.97. The van der Waals surface area contributed by atoms with Crippen molar-refractivity contribution < 1.29 is 14.3 Å². The lowest BCUT2D eigenvalue weighted by Crippen LogP contribution is -2.18. The zero-order valence-corrected chi connectivity index (χ0v) is 15.8. The van der Waals surface area contributed by atoms with Gasteiger partial charge in [-0.05, 0) is 29.7 Å². The summed E-state index contributed by atoms with van der Waals surface area (Å²) in [7, 11) is 3.11. The Morgan fingerprint density at radius 3 is 2.78 bits per heavy atom. The van der Waals surface area contributed by atoms with Crippen molar-refractivity contribution in [3.05, 3.63) is 65.2 Å². The summed E-state index contributed by atoms with van der Waals surface area (Å²) in [6, 6.07) is 12.9. The fourth-order valence-corrected chi connectivity index (χ4v) is 3.93. The number of anilines is 1. The van der Waals surface area contributed by atoms with Gasteiger partial charge in [-0.15, -0.1) is 0 Å². The first-order chi connectivity index (χ1) is 13.2. The highest BCUT2D eigenvalue weighted by Crippen LogP contribution is 2.36. The van der Waals surface area contributed by atoms with Crippen molar-refractivity contribution in [2.45, 2.75) is 6.04 Å². The Bertz CT molecular complexity index is 942. The first-order valence-electron chi connectivity index (χ1n) is 8.49. The number of fused-ring (bicyclic) bond motifs is 1. The highest BCUT2D eigenvalue weighted by molar-refractivity contribution is 8.16. The number of methoxy groups -OCH3 is 2. The minimum absolute atomic E-state index is 0.000599. The van der Waals surface area contributed by atoms with E-state index in [2.05, 4.69) is 10.2 Å². The summed E-state index contributed by atoms with van der Waals surface area (Å²) < 4.78 is 10.5. The first kappa shape index (κ1) is 17.5. The fourth-order valence-electron chi connectivity index (χ4n) is 3.14. The Morgan fingerprint density at radius 1 is 1.19 bits per heavy atom. The van der Waals surface area contributed by atoms with Crippen molar-refractivity contribution in [1.29, 1.82) is 0 Å². The molecular weight excluding hydrogens is 362 g/mol. The molecular formula is C20H19N3O3S. The lowest BCUT2D eigenvalue weighted by Gasteiger charge is -2.16. The average molecular weight is 381 g/mol. The Morgan fingerprint density at radius 2 is 2.00 bits per heavy atom. The molecule has 0 aromatic heterocycles. The number of aliphatic imine (C=N–C) groups is 1. The van der Waals surface area contributed by atoms with Gasteiger partial charge in [-0.3, -0.25) is 9.79 Å². The number of thioether (sulfide) groups is 1. The second-order valence-electron chi connectivity index (χ2n) is 6.09. The number of carbonyl (C=O) groups excluding carboxylic acids is 1. The van der Waals surface area contributed by atoms with E-state index in [0.29, 0.717) is 17.1 Å². The van der Waals surface area contributed by atoms with Gasteiger partial charge in [-0.1, -0.05) is 30.0 Å². The minimum atomic E-state index is -0.205. The molecule has 7 heteroatoms. The molecule has 0 fully saturated rings. The van der Waals surface area contributed by atoms with Gasteiger partial charge in [0.1, 0.15) is 0 Å². The summed E-state index contributed by atoms with van der Waals surface area (Å²) in [5, 5.41) is 6.04. The van der Waals surface area contributed by atoms with Gasteiger partial charge in [-0.25, -0.2) is 0 Å². The molecule has 6 nitrogen and oxygen atoms in total. The largest absolute Gasteiger partial charge is 0.493 e. The van der Waals surface area contributed by atoms with Crippen LogP contribution in [0.4, 0.5) is 5.69 Å². The molecule has 0 spiro atoms. The maximum absolute atomic E-state index is 12.8. The zero-order chi connectivity index (χ0) is 18.8. The number of hydrogen-bond acceptors (Lipinski definition) is 6. The van der Waals surface area contributed by atoms with Crippen molar-refractivity contribution >= 4 is 28.5 Å². The van der Waals surface area contributed by atoms with Crippen LogP contribution >= 0.6 is 11.8 Å². The third-order valence-electron chi connectivity index (χ3n) is 4.51. The van der Waals surface area contributed by atoms with Crippen LogP contribution < -0.4 is 14.8 Å². The maximum Gasteiger partial charge on any atom is 0.255 e. The monoisotopic (exact) mass is 381 g/mol. The number of amides is 1. The highest BCUT2D eigenvalue weighted by Gasteiger charge is 2.29. The molecule has 0 saturated carbocycles. The SMILES string of the molecule is COc1ccc(C(=O)Nc2ccccc2C2CN3C=CSC3=N2)cc1OC. The second kappa shape index (κ2) is 7.36. The number of rotatable bonds is 5. The van der Waals surface area contributed by atoms with E-state index in [1.54, 1.807) is 44.2 Å². The molecule has 0 bridgehead atoms. The molecule has 138 valence electrons. The predicted octanol–water partition coefficient (Wildman–Crippen LogP) is 3.89. The smallest absolute Gasteiger partial charge is 0.255 e. The third kappa shape index (κ3) is 3.38. The van der Waals surface area contributed by atoms with Gasteiger partial charge in [-0.2, -0.15) is 0 Å². The van der Waals surface area contributed by atoms with Crippen molar-refractivity contribution in [1.82, 2.24) is 4.90 Å². The number of nitrogens with one attached hydrogen (secondary N) is 1. The predicted molar refractivity (Wildman–Crippen MR) is 108 cm³/mol. The van der Waals surface area contributed by atoms with Crippen LogP contribution in [-0.2, 0) is 0 Å². The maximum atomic E-state index is 12.8. The van der Waals surface area contributed by atoms with E-state index >= 15 is 0 Å². The number of amidine groups is 1. The van der Waals surface area contributed by atoms with Gasteiger partial charge in [0, 0.05) is 23.0 Å². The van der Waals surface area contributed by atoms with E-state index in [0.717, 1.165) is 23.0 Å². The molecule has 0 aliphatic carbocycles. The van der Waals surface area contributed by atoms with Crippen molar-refractivity contribution in [2.24, 2.45) is 4.99 Å². The quantitative estimate of drug-likeness (QED) is 0.851. The lowest BCUT2D eigenvalue weighted by atomic mass is 10.0. The Balaban J connectivity index is 1.57. The number of ether oxygens (including phenoxy) is 2. The molecule has 2 aliphatic heterocycles. The molecule has 1 N–H and O–H groups in total. The molecule has 1 unspecified atom stereocenters. The zero-order valence-electron chi connectivity index (χ0n) is 15.0. The Hall–Kier alpha value is -2.93. The summed E-state index contributed by atoms with van der Waals surface area (Å²) >= 11 is 1.62. The number of nitrogens with zero attached hydrogens (tertiary/aromatic N) is 2. The van der Waals surface area contributed by atoms with Crippen LogP contribution in [0.2, 0.25) is 0 Å². The summed E-state index contributed by atoms with van der Waals surface area (Å²) in [6.45, 7) is 0.780. The molecule has 27 heavy (non-hydrogen) atoms. The molecule has 1 atom stereocenters. The Kier molecular flexibility index (Phi) is 4.77. The van der Waals surface area contributed by atoms with Crippen LogP contribution in [0.15, 0.2) is 59.1 Å². The number of para-hydroxylation sites is 1. The normalized spacial score (nSPS) is 17.5. The minimum Gasteiger partial charge on any atom is -0.493 e. The van der Waals surface area contributed by atoms with Gasteiger partial charge < -0.3 is 19.7 Å². The van der Waals surface area contributed by atoms with Crippen LogP contribution in [0.25, 0.3) is 0 Å². The molecule has 2 aromatic rings. The first-order valence-corrected chi connectivity index (χ1v) is 9.37. The van der Waals surface area contributed by atoms with Crippen LogP contribution in [0.3, 0.4) is 0 Å². The van der Waals surface area contributed by atoms with E-state index in [1.807, 2.05) is 35.9 Å². The van der Waals surface area contributed by atoms with E-state index in [4.69, 9.17) is 14.5 Å². The summed E-state index contributed by atoms with van der Waals surface area (Å²) in [4.78, 5) is 19.7. The van der Waals surface area contributed by atoms with Gasteiger partial charge in [0.05, 0.1) is 26.8 Å². The summed E-state index contributed by atoms with van der Waals surface area (Å²) in [6.07, 6.45) is 2.04. The third-order valence-corrected chi connectivity index (χ3v) is 5.32. The van der Waals surface area contributed by atoms with Crippen LogP contribution in [0.1, 0.15) is 22.0 Å². The summed E-state index contributed by atoms with van der Waals surface area (Å²) in [5.74, 6) is 0.899. The van der Waals surface area contributed by atoms with E-state index in [1.165, 1.54) is 0 Å². The van der Waals surface area contributed by atoms with Gasteiger partial charge >= 0.3 is 0 Å². The standard InChI is InChI=1S/C20H19N3O3S/c1-25-17-8-7-13(11-18(17)26-2)19(24)21-15-6-4-3-5-14(15)16-12-23-9-10-27-20(23)22-16/h3-11,16H,12H2,1-2H3,(H,21,24). The van der Waals surface area contributed by atoms with Gasteiger partial charge in [0.25, 0.3) is 5.91 Å².